The van der Waals surface area contributed by atoms with Crippen LogP contribution in [0.3, 0.4) is 0 Å². The molecule has 94 valence electrons. The lowest BCUT2D eigenvalue weighted by Gasteiger charge is -2.17. The molecule has 3 nitrogen and oxygen atoms in total. The van der Waals surface area contributed by atoms with Crippen LogP contribution in [0.5, 0.6) is 0 Å². The van der Waals surface area contributed by atoms with Crippen LogP contribution in [0.2, 0.25) is 0 Å². The maximum atomic E-state index is 4.11. The first-order valence-corrected chi connectivity index (χ1v) is 6.07. The summed E-state index contributed by atoms with van der Waals surface area (Å²) in [5.41, 5.74) is 4.84. The van der Waals surface area contributed by atoms with Gasteiger partial charge in [0.1, 0.15) is 0 Å². The topological polar surface area (TPSA) is 28.2 Å². The summed E-state index contributed by atoms with van der Waals surface area (Å²) >= 11 is 0. The van der Waals surface area contributed by atoms with Gasteiger partial charge in [0, 0.05) is 44.4 Å². The minimum atomic E-state index is 0.795. The van der Waals surface area contributed by atoms with E-state index >= 15 is 0 Å². The van der Waals surface area contributed by atoms with Crippen molar-refractivity contribution in [1.29, 1.82) is 0 Å². The van der Waals surface area contributed by atoms with Crippen LogP contribution in [0.25, 0.3) is 0 Å². The van der Waals surface area contributed by atoms with Crippen LogP contribution >= 0.6 is 0 Å². The van der Waals surface area contributed by atoms with Crippen molar-refractivity contribution in [3.8, 4) is 0 Å². The Bertz CT molecular complexity index is 506. The molecule has 0 spiro atoms. The van der Waals surface area contributed by atoms with Gasteiger partial charge in [-0.15, -0.1) is 0 Å². The molecule has 1 N–H and O–H groups in total. The SMILES string of the molecule is Cc1ccc(NCc2cccnc2)cc1N(C)C. The number of benzene rings is 1. The number of pyridine rings is 1. The Labute approximate surface area is 108 Å². The lowest BCUT2D eigenvalue weighted by molar-refractivity contribution is 1.09. The first-order valence-electron chi connectivity index (χ1n) is 6.07. The zero-order chi connectivity index (χ0) is 13.0. The predicted molar refractivity (Wildman–Crippen MR) is 77.1 cm³/mol. The van der Waals surface area contributed by atoms with Crippen molar-refractivity contribution in [1.82, 2.24) is 4.98 Å². The predicted octanol–water partition coefficient (Wildman–Crippen LogP) is 3.07. The van der Waals surface area contributed by atoms with Gasteiger partial charge < -0.3 is 10.2 Å². The summed E-state index contributed by atoms with van der Waals surface area (Å²) in [7, 11) is 4.13. The van der Waals surface area contributed by atoms with Crippen LogP contribution in [0.15, 0.2) is 42.7 Å². The third-order valence-corrected chi connectivity index (χ3v) is 2.91. The van der Waals surface area contributed by atoms with Gasteiger partial charge in [0.25, 0.3) is 0 Å². The molecule has 0 aliphatic rings. The Morgan fingerprint density at radius 2 is 2.06 bits per heavy atom. The Morgan fingerprint density at radius 1 is 1.22 bits per heavy atom. The highest BCUT2D eigenvalue weighted by molar-refractivity contribution is 5.61. The number of aryl methyl sites for hydroxylation is 1. The van der Waals surface area contributed by atoms with E-state index < -0.39 is 0 Å². The maximum Gasteiger partial charge on any atom is 0.0416 e. The third-order valence-electron chi connectivity index (χ3n) is 2.91. The number of nitrogens with zero attached hydrogens (tertiary/aromatic N) is 2. The summed E-state index contributed by atoms with van der Waals surface area (Å²) in [5, 5.41) is 3.42. The average molecular weight is 241 g/mol. The second kappa shape index (κ2) is 5.54. The Hall–Kier alpha value is -2.03. The van der Waals surface area contributed by atoms with Crippen molar-refractivity contribution in [2.24, 2.45) is 0 Å². The van der Waals surface area contributed by atoms with E-state index in [1.165, 1.54) is 16.8 Å². The van der Waals surface area contributed by atoms with E-state index in [0.717, 1.165) is 12.2 Å². The Kier molecular flexibility index (Phi) is 3.82. The molecular formula is C15H19N3. The highest BCUT2D eigenvalue weighted by Gasteiger charge is 2.02. The van der Waals surface area contributed by atoms with E-state index in [1.807, 2.05) is 12.3 Å². The third kappa shape index (κ3) is 3.00. The summed E-state index contributed by atoms with van der Waals surface area (Å²) in [6, 6.07) is 10.4. The fourth-order valence-corrected chi connectivity index (χ4v) is 1.91. The monoisotopic (exact) mass is 241 g/mol. The summed E-state index contributed by atoms with van der Waals surface area (Å²) in [6.07, 6.45) is 3.67. The molecule has 0 radical (unpaired) electrons. The lowest BCUT2D eigenvalue weighted by Crippen LogP contribution is -2.11. The number of rotatable bonds is 4. The van der Waals surface area contributed by atoms with E-state index in [-0.39, 0.29) is 0 Å². The standard InChI is InChI=1S/C15H19N3/c1-12-6-7-14(9-15(12)18(2)3)17-11-13-5-4-8-16-10-13/h4-10,17H,11H2,1-3H3. The van der Waals surface area contributed by atoms with Gasteiger partial charge in [-0.2, -0.15) is 0 Å². The van der Waals surface area contributed by atoms with Crippen molar-refractivity contribution in [2.45, 2.75) is 13.5 Å². The van der Waals surface area contributed by atoms with Crippen molar-refractivity contribution >= 4 is 11.4 Å². The van der Waals surface area contributed by atoms with Crippen molar-refractivity contribution in [3.05, 3.63) is 53.9 Å². The van der Waals surface area contributed by atoms with Crippen LogP contribution in [-0.2, 0) is 6.54 Å². The molecule has 1 heterocycles. The molecular weight excluding hydrogens is 222 g/mol. The van der Waals surface area contributed by atoms with E-state index in [9.17, 15) is 0 Å². The van der Waals surface area contributed by atoms with Crippen molar-refractivity contribution in [3.63, 3.8) is 0 Å². The molecule has 1 aromatic heterocycles. The zero-order valence-electron chi connectivity index (χ0n) is 11.1. The van der Waals surface area contributed by atoms with Gasteiger partial charge in [-0.1, -0.05) is 12.1 Å². The quantitative estimate of drug-likeness (QED) is 0.891. The summed E-state index contributed by atoms with van der Waals surface area (Å²) in [4.78, 5) is 6.24. The van der Waals surface area contributed by atoms with Gasteiger partial charge in [0.2, 0.25) is 0 Å². The normalized spacial score (nSPS) is 10.2. The lowest BCUT2D eigenvalue weighted by atomic mass is 10.1. The van der Waals surface area contributed by atoms with Crippen LogP contribution in [-0.4, -0.2) is 19.1 Å². The van der Waals surface area contributed by atoms with Gasteiger partial charge in [-0.3, -0.25) is 4.98 Å². The molecule has 18 heavy (non-hydrogen) atoms. The molecule has 0 unspecified atom stereocenters. The number of aromatic nitrogens is 1. The Balaban J connectivity index is 2.08. The number of anilines is 2. The van der Waals surface area contributed by atoms with Crippen molar-refractivity contribution < 1.29 is 0 Å². The van der Waals surface area contributed by atoms with Crippen LogP contribution in [0.1, 0.15) is 11.1 Å². The largest absolute Gasteiger partial charge is 0.381 e. The molecule has 3 heteroatoms. The van der Waals surface area contributed by atoms with Crippen LogP contribution in [0, 0.1) is 6.92 Å². The fraction of sp³-hybridized carbons (Fsp3) is 0.267. The minimum absolute atomic E-state index is 0.795. The van der Waals surface area contributed by atoms with Crippen LogP contribution < -0.4 is 10.2 Å². The molecule has 0 bridgehead atoms. The van der Waals surface area contributed by atoms with E-state index in [0.29, 0.717) is 0 Å². The first-order chi connectivity index (χ1) is 8.66. The molecule has 0 saturated heterocycles. The molecule has 2 rings (SSSR count). The number of hydrogen-bond donors (Lipinski definition) is 1. The summed E-state index contributed by atoms with van der Waals surface area (Å²) in [5.74, 6) is 0. The molecule has 0 aliphatic heterocycles. The first kappa shape index (κ1) is 12.4. The summed E-state index contributed by atoms with van der Waals surface area (Å²) < 4.78 is 0. The van der Waals surface area contributed by atoms with E-state index in [4.69, 9.17) is 0 Å². The van der Waals surface area contributed by atoms with E-state index in [2.05, 4.69) is 60.5 Å². The van der Waals surface area contributed by atoms with Gasteiger partial charge >= 0.3 is 0 Å². The second-order valence-corrected chi connectivity index (χ2v) is 4.61. The van der Waals surface area contributed by atoms with Crippen molar-refractivity contribution in [2.75, 3.05) is 24.3 Å². The Morgan fingerprint density at radius 3 is 2.72 bits per heavy atom. The molecule has 0 fully saturated rings. The molecule has 0 atom stereocenters. The highest BCUT2D eigenvalue weighted by atomic mass is 15.1. The van der Waals surface area contributed by atoms with Gasteiger partial charge in [0.05, 0.1) is 0 Å². The number of hydrogen-bond acceptors (Lipinski definition) is 3. The van der Waals surface area contributed by atoms with Crippen LogP contribution in [0.4, 0.5) is 11.4 Å². The van der Waals surface area contributed by atoms with Gasteiger partial charge in [-0.05, 0) is 36.2 Å². The minimum Gasteiger partial charge on any atom is -0.381 e. The van der Waals surface area contributed by atoms with Gasteiger partial charge in [0.15, 0.2) is 0 Å². The van der Waals surface area contributed by atoms with Gasteiger partial charge in [-0.25, -0.2) is 0 Å². The zero-order valence-corrected chi connectivity index (χ0v) is 11.1. The molecule has 0 amide bonds. The molecule has 0 aliphatic carbocycles. The molecule has 0 saturated carbocycles. The highest BCUT2D eigenvalue weighted by Crippen LogP contribution is 2.22. The second-order valence-electron chi connectivity index (χ2n) is 4.61. The fourth-order valence-electron chi connectivity index (χ4n) is 1.91. The summed E-state index contributed by atoms with van der Waals surface area (Å²) in [6.45, 7) is 2.92. The molecule has 1 aromatic carbocycles. The molecule has 2 aromatic rings. The maximum absolute atomic E-state index is 4.11. The average Bonchev–Trinajstić information content (AvgIpc) is 2.38. The van der Waals surface area contributed by atoms with E-state index in [1.54, 1.807) is 6.20 Å². The number of nitrogens with one attached hydrogen (secondary N) is 1. The smallest absolute Gasteiger partial charge is 0.0416 e.